The molecule has 3 N–H and O–H groups in total. The summed E-state index contributed by atoms with van der Waals surface area (Å²) in [5.41, 5.74) is 1.56. The maximum absolute atomic E-state index is 12.4. The topological polar surface area (TPSA) is 59.1 Å². The molecule has 0 aromatic carbocycles. The summed E-state index contributed by atoms with van der Waals surface area (Å²) in [6, 6.07) is 2.44. The van der Waals surface area contributed by atoms with E-state index in [-0.39, 0.29) is 72.3 Å². The van der Waals surface area contributed by atoms with Crippen LogP contribution in [0.15, 0.2) is 24.5 Å². The molecule has 1 aromatic heterocycles. The number of hydrogen-bond donors (Lipinski definition) is 2. The van der Waals surface area contributed by atoms with Crippen molar-refractivity contribution in [2.45, 2.75) is 25.6 Å². The second-order valence-corrected chi connectivity index (χ2v) is 3.38. The third kappa shape index (κ3) is 10.2. The molecule has 1 atom stereocenters. The van der Waals surface area contributed by atoms with Crippen LogP contribution < -0.4 is 49.4 Å². The van der Waals surface area contributed by atoms with Gasteiger partial charge in [-0.15, -0.1) is 0 Å². The molecule has 0 aliphatic rings. The van der Waals surface area contributed by atoms with Gasteiger partial charge in [0.25, 0.3) is 0 Å². The van der Waals surface area contributed by atoms with E-state index < -0.39 is 18.3 Å². The van der Waals surface area contributed by atoms with Gasteiger partial charge in [0.2, 0.25) is 0 Å². The van der Waals surface area contributed by atoms with Gasteiger partial charge in [0, 0.05) is 24.5 Å². The predicted molar refractivity (Wildman–Crippen MR) is 64.6 cm³/mol. The zero-order chi connectivity index (χ0) is 13.5. The largest absolute Gasteiger partial charge is 2.00 e. The molecule has 0 aliphatic heterocycles. The van der Waals surface area contributed by atoms with Crippen molar-refractivity contribution in [3.8, 4) is 0 Å². The molecule has 0 radical (unpaired) electrons. The SMILES string of the molecule is C[CH-]C.NCC(O)(c1cccnc1)C(F)(F)F.[Cl-].[Cl-].[Li+].[Mg+2]. The summed E-state index contributed by atoms with van der Waals surface area (Å²) in [7, 11) is 0. The fourth-order valence-electron chi connectivity index (χ4n) is 1.00. The molecule has 0 amide bonds. The molecule has 1 unspecified atom stereocenters. The maximum atomic E-state index is 12.4. The third-order valence-corrected chi connectivity index (χ3v) is 1.90. The number of aromatic nitrogens is 1. The van der Waals surface area contributed by atoms with E-state index in [4.69, 9.17) is 5.73 Å². The van der Waals surface area contributed by atoms with Gasteiger partial charge in [-0.05, 0) is 6.07 Å². The summed E-state index contributed by atoms with van der Waals surface area (Å²) in [4.78, 5) is 3.50. The summed E-state index contributed by atoms with van der Waals surface area (Å²) >= 11 is 0. The molecule has 0 saturated carbocycles. The molecule has 0 saturated heterocycles. The van der Waals surface area contributed by atoms with E-state index in [0.29, 0.717) is 0 Å². The smallest absolute Gasteiger partial charge is 1.00 e. The van der Waals surface area contributed by atoms with Crippen LogP contribution in [0.25, 0.3) is 0 Å². The van der Waals surface area contributed by atoms with E-state index >= 15 is 0 Å². The van der Waals surface area contributed by atoms with E-state index in [1.165, 1.54) is 12.3 Å². The van der Waals surface area contributed by atoms with Gasteiger partial charge in [-0.3, -0.25) is 4.98 Å². The Morgan fingerprint density at radius 3 is 1.95 bits per heavy atom. The first kappa shape index (κ1) is 33.4. The number of halogens is 5. The molecule has 114 valence electrons. The normalized spacial score (nSPS) is 11.8. The molecule has 21 heavy (non-hydrogen) atoms. The molecule has 1 rings (SSSR count). The number of pyridine rings is 1. The van der Waals surface area contributed by atoms with Crippen molar-refractivity contribution in [3.63, 3.8) is 0 Å². The van der Waals surface area contributed by atoms with Crippen molar-refractivity contribution in [3.05, 3.63) is 36.5 Å². The first-order valence-corrected chi connectivity index (χ1v) is 4.97. The van der Waals surface area contributed by atoms with Gasteiger partial charge >= 0.3 is 48.1 Å². The van der Waals surface area contributed by atoms with Crippen LogP contribution in [-0.4, -0.2) is 45.9 Å². The zero-order valence-electron chi connectivity index (χ0n) is 12.2. The van der Waals surface area contributed by atoms with Crippen LogP contribution in [-0.2, 0) is 5.60 Å². The molecule has 1 aromatic rings. The summed E-state index contributed by atoms with van der Waals surface area (Å²) in [6.07, 6.45) is -0.540. The van der Waals surface area contributed by atoms with Gasteiger partial charge in [-0.25, -0.2) is 0 Å². The second kappa shape index (κ2) is 15.7. The monoisotopic (exact) mass is 350 g/mol. The number of hydrogen-bond acceptors (Lipinski definition) is 3. The van der Waals surface area contributed by atoms with Crippen LogP contribution in [0.2, 0.25) is 0 Å². The van der Waals surface area contributed by atoms with Crippen molar-refractivity contribution < 1.29 is 62.0 Å². The Morgan fingerprint density at radius 2 is 1.71 bits per heavy atom. The van der Waals surface area contributed by atoms with Crippen molar-refractivity contribution in [2.75, 3.05) is 6.54 Å². The van der Waals surface area contributed by atoms with Crippen LogP contribution in [0, 0.1) is 6.42 Å². The van der Waals surface area contributed by atoms with Gasteiger partial charge < -0.3 is 42.1 Å². The van der Waals surface area contributed by atoms with Crippen molar-refractivity contribution in [1.82, 2.24) is 4.98 Å². The molecular weight excluding hydrogens is 335 g/mol. The van der Waals surface area contributed by atoms with E-state index in [0.717, 1.165) is 12.3 Å². The molecule has 0 aliphatic carbocycles. The van der Waals surface area contributed by atoms with Gasteiger partial charge in [0.05, 0.1) is 0 Å². The Morgan fingerprint density at radius 1 is 1.29 bits per heavy atom. The molecule has 10 heteroatoms. The van der Waals surface area contributed by atoms with Gasteiger partial charge in [0.1, 0.15) is 0 Å². The molecular formula is C11H16Cl2F3LiMgN2O. The molecule has 0 spiro atoms. The van der Waals surface area contributed by atoms with Crippen LogP contribution in [0.1, 0.15) is 19.4 Å². The van der Waals surface area contributed by atoms with E-state index in [2.05, 4.69) is 4.98 Å². The molecule has 3 nitrogen and oxygen atoms in total. The standard InChI is InChI=1S/C8H9F3N2O.C3H7.2ClH.Li.Mg/c9-8(10,11)7(14,5-12)6-2-1-3-13-4-6;1-3-2;;;;/h1-4,14H,5,12H2;3H,1-2H3;2*1H;;/q;-1;;;+1;+2/p-2. The summed E-state index contributed by atoms with van der Waals surface area (Å²) in [5, 5.41) is 9.34. The average Bonchev–Trinajstić information content (AvgIpc) is 2.28. The number of nitrogens with two attached hydrogens (primary N) is 1. The minimum atomic E-state index is -4.80. The van der Waals surface area contributed by atoms with Gasteiger partial charge in [-0.1, -0.05) is 6.07 Å². The third-order valence-electron chi connectivity index (χ3n) is 1.90. The molecule has 0 bridgehead atoms. The zero-order valence-corrected chi connectivity index (χ0v) is 15.1. The van der Waals surface area contributed by atoms with Gasteiger partial charge in [0.15, 0.2) is 5.60 Å². The number of aliphatic hydroxyl groups is 1. The number of rotatable bonds is 2. The minimum Gasteiger partial charge on any atom is -1.00 e. The number of nitrogens with zero attached hydrogens (tertiary/aromatic N) is 1. The fourth-order valence-corrected chi connectivity index (χ4v) is 1.00. The summed E-state index contributed by atoms with van der Waals surface area (Å²) in [6.45, 7) is 3.07. The molecule has 1 heterocycles. The van der Waals surface area contributed by atoms with E-state index in [9.17, 15) is 18.3 Å². The van der Waals surface area contributed by atoms with Crippen LogP contribution in [0.4, 0.5) is 13.2 Å². The fraction of sp³-hybridized carbons (Fsp3) is 0.455. The van der Waals surface area contributed by atoms with Crippen molar-refractivity contribution in [1.29, 1.82) is 0 Å². The quantitative estimate of drug-likeness (QED) is 0.411. The van der Waals surface area contributed by atoms with Crippen molar-refractivity contribution in [2.24, 2.45) is 5.73 Å². The average molecular weight is 351 g/mol. The molecule has 0 fully saturated rings. The van der Waals surface area contributed by atoms with E-state index in [1.807, 2.05) is 20.3 Å². The Kier molecular flexibility index (Phi) is 25.0. The Balaban J connectivity index is -0.000000113. The minimum absolute atomic E-state index is 0. The Bertz CT molecular complexity index is 337. The predicted octanol–water partition coefficient (Wildman–Crippen LogP) is -7.35. The van der Waals surface area contributed by atoms with Crippen LogP contribution >= 0.6 is 0 Å². The van der Waals surface area contributed by atoms with Gasteiger partial charge in [-0.2, -0.15) is 27.0 Å². The van der Waals surface area contributed by atoms with Crippen LogP contribution in [0.5, 0.6) is 0 Å². The maximum Gasteiger partial charge on any atom is 2.00 e. The summed E-state index contributed by atoms with van der Waals surface area (Å²) < 4.78 is 37.3. The first-order chi connectivity index (χ1) is 7.83. The second-order valence-electron chi connectivity index (χ2n) is 3.38. The first-order valence-electron chi connectivity index (χ1n) is 4.97. The Labute approximate surface area is 163 Å². The van der Waals surface area contributed by atoms with Crippen LogP contribution in [0.3, 0.4) is 0 Å². The number of alkyl halides is 3. The van der Waals surface area contributed by atoms with Crippen molar-refractivity contribution >= 4 is 23.1 Å². The van der Waals surface area contributed by atoms with E-state index in [1.54, 1.807) is 0 Å². The summed E-state index contributed by atoms with van der Waals surface area (Å²) in [5.74, 6) is 0. The Hall–Kier alpha value is 0.804.